The number of nitrogens with zero attached hydrogens (tertiary/aromatic N) is 2. The van der Waals surface area contributed by atoms with Crippen molar-refractivity contribution in [1.82, 2.24) is 14.9 Å². The van der Waals surface area contributed by atoms with Crippen LogP contribution in [-0.2, 0) is 0 Å². The predicted molar refractivity (Wildman–Crippen MR) is 85.1 cm³/mol. The van der Waals surface area contributed by atoms with Gasteiger partial charge in [-0.15, -0.1) is 11.3 Å². The smallest absolute Gasteiger partial charge is 0.268 e. The largest absolute Gasteiger partial charge is 0.342 e. The topological polar surface area (TPSA) is 46.9 Å². The van der Waals surface area contributed by atoms with E-state index in [2.05, 4.69) is 40.1 Å². The van der Waals surface area contributed by atoms with Crippen molar-refractivity contribution in [2.24, 2.45) is 0 Å². The fourth-order valence-corrected chi connectivity index (χ4v) is 3.24. The Morgan fingerprint density at radius 2 is 2.30 bits per heavy atom. The van der Waals surface area contributed by atoms with E-state index in [4.69, 9.17) is 0 Å². The lowest BCUT2D eigenvalue weighted by molar-refractivity contribution is 0.0924. The average molecular weight is 356 g/mol. The van der Waals surface area contributed by atoms with Crippen molar-refractivity contribution in [2.75, 3.05) is 0 Å². The number of thiazole rings is 1. The first-order valence-electron chi connectivity index (χ1n) is 6.60. The van der Waals surface area contributed by atoms with Gasteiger partial charge in [0, 0.05) is 28.3 Å². The van der Waals surface area contributed by atoms with Gasteiger partial charge in [-0.05, 0) is 42.3 Å². The fourth-order valence-electron chi connectivity index (χ4n) is 2.03. The van der Waals surface area contributed by atoms with Crippen molar-refractivity contribution >= 4 is 33.2 Å². The van der Waals surface area contributed by atoms with Crippen LogP contribution in [0.2, 0.25) is 0 Å². The third kappa shape index (κ3) is 3.30. The van der Waals surface area contributed by atoms with Gasteiger partial charge >= 0.3 is 0 Å². The molecule has 0 aliphatic heterocycles. The molecular weight excluding hydrogens is 338 g/mol. The fraction of sp³-hybridized carbons (Fsp3) is 0.429. The maximum atomic E-state index is 12.5. The number of carbonyl (C=O) groups is 1. The minimum Gasteiger partial charge on any atom is -0.342 e. The number of carbonyl (C=O) groups excluding carboxylic acids is 1. The molecule has 0 aromatic carbocycles. The number of rotatable bonds is 5. The normalized spacial score (nSPS) is 12.7. The highest BCUT2D eigenvalue weighted by Gasteiger charge is 2.20. The molecule has 0 saturated heterocycles. The Kier molecular flexibility index (Phi) is 4.99. The van der Waals surface area contributed by atoms with Crippen LogP contribution in [0.15, 0.2) is 28.3 Å². The Morgan fingerprint density at radius 1 is 1.55 bits per heavy atom. The third-order valence-corrected chi connectivity index (χ3v) is 4.39. The summed E-state index contributed by atoms with van der Waals surface area (Å²) in [5, 5.41) is 5.94. The van der Waals surface area contributed by atoms with Gasteiger partial charge < -0.3 is 9.88 Å². The molecule has 2 aromatic rings. The molecule has 1 unspecified atom stereocenters. The molecule has 2 rings (SSSR count). The standard InChI is InChI=1S/C14H18BrN3OS/c1-4-11(14-16-5-6-20-14)17-13(19)12-7-10(15)8-18(12)9(2)3/h5-9,11H,4H2,1-3H3,(H,17,19). The van der Waals surface area contributed by atoms with Crippen LogP contribution < -0.4 is 5.32 Å². The van der Waals surface area contributed by atoms with Gasteiger partial charge in [0.15, 0.2) is 0 Å². The summed E-state index contributed by atoms with van der Waals surface area (Å²) in [5.41, 5.74) is 0.668. The number of hydrogen-bond acceptors (Lipinski definition) is 3. The summed E-state index contributed by atoms with van der Waals surface area (Å²) in [6, 6.07) is 2.06. The number of hydrogen-bond donors (Lipinski definition) is 1. The molecule has 0 radical (unpaired) electrons. The van der Waals surface area contributed by atoms with E-state index in [0.29, 0.717) is 5.69 Å². The van der Waals surface area contributed by atoms with Crippen LogP contribution in [0.1, 0.15) is 54.8 Å². The van der Waals surface area contributed by atoms with Gasteiger partial charge in [-0.3, -0.25) is 4.79 Å². The third-order valence-electron chi connectivity index (χ3n) is 3.07. The number of aromatic nitrogens is 2. The summed E-state index contributed by atoms with van der Waals surface area (Å²) in [5.74, 6) is -0.0635. The molecule has 0 aliphatic carbocycles. The van der Waals surface area contributed by atoms with Gasteiger partial charge in [0.1, 0.15) is 10.7 Å². The zero-order chi connectivity index (χ0) is 14.7. The van der Waals surface area contributed by atoms with E-state index in [-0.39, 0.29) is 18.0 Å². The van der Waals surface area contributed by atoms with Crippen molar-refractivity contribution in [3.8, 4) is 0 Å². The van der Waals surface area contributed by atoms with Gasteiger partial charge in [-0.1, -0.05) is 6.92 Å². The van der Waals surface area contributed by atoms with Crippen molar-refractivity contribution in [1.29, 1.82) is 0 Å². The molecule has 6 heteroatoms. The SMILES string of the molecule is CCC(NC(=O)c1cc(Br)cn1C(C)C)c1nccs1. The first kappa shape index (κ1) is 15.3. The highest BCUT2D eigenvalue weighted by Crippen LogP contribution is 2.22. The van der Waals surface area contributed by atoms with Crippen LogP contribution in [0.3, 0.4) is 0 Å². The zero-order valence-electron chi connectivity index (χ0n) is 11.8. The van der Waals surface area contributed by atoms with Crippen molar-refractivity contribution < 1.29 is 4.79 Å². The molecule has 0 fully saturated rings. The maximum absolute atomic E-state index is 12.5. The Morgan fingerprint density at radius 3 is 2.85 bits per heavy atom. The van der Waals surface area contributed by atoms with E-state index < -0.39 is 0 Å². The molecule has 0 spiro atoms. The van der Waals surface area contributed by atoms with Gasteiger partial charge in [0.25, 0.3) is 5.91 Å². The second-order valence-corrected chi connectivity index (χ2v) is 6.69. The minimum absolute atomic E-state index is 0.0308. The zero-order valence-corrected chi connectivity index (χ0v) is 14.2. The van der Waals surface area contributed by atoms with E-state index in [1.54, 1.807) is 17.5 Å². The van der Waals surface area contributed by atoms with Crippen molar-refractivity contribution in [2.45, 2.75) is 39.3 Å². The molecule has 108 valence electrons. The molecule has 0 aliphatic rings. The molecular formula is C14H18BrN3OS. The van der Waals surface area contributed by atoms with Crippen molar-refractivity contribution in [3.05, 3.63) is 39.0 Å². The molecule has 1 amide bonds. The maximum Gasteiger partial charge on any atom is 0.268 e. The molecule has 2 aromatic heterocycles. The van der Waals surface area contributed by atoms with Gasteiger partial charge in [0.2, 0.25) is 0 Å². The summed E-state index contributed by atoms with van der Waals surface area (Å²) in [6.07, 6.45) is 4.52. The Labute approximate surface area is 131 Å². The van der Waals surface area contributed by atoms with E-state index in [9.17, 15) is 4.79 Å². The van der Waals surface area contributed by atoms with Crippen LogP contribution >= 0.6 is 27.3 Å². The van der Waals surface area contributed by atoms with Crippen LogP contribution in [0.25, 0.3) is 0 Å². The molecule has 20 heavy (non-hydrogen) atoms. The highest BCUT2D eigenvalue weighted by molar-refractivity contribution is 9.10. The monoisotopic (exact) mass is 355 g/mol. The lowest BCUT2D eigenvalue weighted by Crippen LogP contribution is -2.30. The Bertz CT molecular complexity index is 577. The molecule has 4 nitrogen and oxygen atoms in total. The van der Waals surface area contributed by atoms with Crippen LogP contribution in [0, 0.1) is 0 Å². The molecule has 0 saturated carbocycles. The number of amides is 1. The van der Waals surface area contributed by atoms with Crippen LogP contribution in [0.4, 0.5) is 0 Å². The lowest BCUT2D eigenvalue weighted by atomic mass is 10.2. The summed E-state index contributed by atoms with van der Waals surface area (Å²) < 4.78 is 2.88. The molecule has 2 heterocycles. The number of halogens is 1. The minimum atomic E-state index is -0.0635. The van der Waals surface area contributed by atoms with Crippen LogP contribution in [0.5, 0.6) is 0 Å². The lowest BCUT2D eigenvalue weighted by Gasteiger charge is -2.17. The predicted octanol–water partition coefficient (Wildman–Crippen LogP) is 4.17. The van der Waals surface area contributed by atoms with Gasteiger partial charge in [0.05, 0.1) is 6.04 Å². The first-order valence-corrected chi connectivity index (χ1v) is 8.27. The van der Waals surface area contributed by atoms with Gasteiger partial charge in [-0.2, -0.15) is 0 Å². The summed E-state index contributed by atoms with van der Waals surface area (Å²) in [6.45, 7) is 6.16. The Hall–Kier alpha value is -1.14. The van der Waals surface area contributed by atoms with E-state index >= 15 is 0 Å². The van der Waals surface area contributed by atoms with Crippen molar-refractivity contribution in [3.63, 3.8) is 0 Å². The highest BCUT2D eigenvalue weighted by atomic mass is 79.9. The summed E-state index contributed by atoms with van der Waals surface area (Å²) in [4.78, 5) is 16.8. The first-order chi connectivity index (χ1) is 9.52. The van der Waals surface area contributed by atoms with Crippen LogP contribution in [-0.4, -0.2) is 15.5 Å². The Balaban J connectivity index is 2.19. The second-order valence-electron chi connectivity index (χ2n) is 4.85. The summed E-state index contributed by atoms with van der Waals surface area (Å²) in [7, 11) is 0. The molecule has 1 atom stereocenters. The quantitative estimate of drug-likeness (QED) is 0.874. The average Bonchev–Trinajstić information content (AvgIpc) is 3.04. The second kappa shape index (κ2) is 6.54. The number of nitrogens with one attached hydrogen (secondary N) is 1. The van der Waals surface area contributed by atoms with Gasteiger partial charge in [-0.25, -0.2) is 4.98 Å². The van der Waals surface area contributed by atoms with E-state index in [1.807, 2.05) is 29.1 Å². The van der Waals surface area contributed by atoms with E-state index in [1.165, 1.54) is 0 Å². The van der Waals surface area contributed by atoms with E-state index in [0.717, 1.165) is 15.9 Å². The summed E-state index contributed by atoms with van der Waals surface area (Å²) >= 11 is 5.00. The molecule has 1 N–H and O–H groups in total. The molecule has 0 bridgehead atoms.